The molecule has 5 nitrogen and oxygen atoms in total. The van der Waals surface area contributed by atoms with Gasteiger partial charge in [-0.3, -0.25) is 0 Å². The molecule has 0 amide bonds. The average molecular weight is 264 g/mol. The molecule has 0 heterocycles. The topological polar surface area (TPSA) is 65.0 Å². The Labute approximate surface area is 111 Å². The first-order chi connectivity index (χ1) is 9.13. The van der Waals surface area contributed by atoms with E-state index in [1.807, 2.05) is 0 Å². The number of carboxylic acids is 1. The first-order valence-electron chi connectivity index (χ1n) is 5.56. The van der Waals surface area contributed by atoms with E-state index in [9.17, 15) is 4.79 Å². The van der Waals surface area contributed by atoms with Gasteiger partial charge in [0.2, 0.25) is 5.75 Å². The van der Waals surface area contributed by atoms with Crippen LogP contribution >= 0.6 is 0 Å². The number of aromatic carboxylic acids is 1. The van der Waals surface area contributed by atoms with Crippen LogP contribution in [0.25, 0.3) is 0 Å². The van der Waals surface area contributed by atoms with Crippen LogP contribution < -0.4 is 14.2 Å². The van der Waals surface area contributed by atoms with Crippen LogP contribution in [0.5, 0.6) is 17.2 Å². The molecule has 0 unspecified atom stereocenters. The molecule has 19 heavy (non-hydrogen) atoms. The predicted octanol–water partition coefficient (Wildman–Crippen LogP) is 2.52. The second-order valence-electron chi connectivity index (χ2n) is 3.51. The zero-order chi connectivity index (χ0) is 14.3. The number of benzene rings is 1. The summed E-state index contributed by atoms with van der Waals surface area (Å²) in [5.41, 5.74) is 0.0573. The Hall–Kier alpha value is -2.43. The SMILES string of the molecule is C=CCOc1cc(C(=O)O)cc(OC)c1OCC=C. The Morgan fingerprint density at radius 1 is 1.21 bits per heavy atom. The van der Waals surface area contributed by atoms with E-state index < -0.39 is 5.97 Å². The molecule has 0 aliphatic heterocycles. The molecule has 0 saturated carbocycles. The maximum atomic E-state index is 11.0. The molecule has 0 fully saturated rings. The fourth-order valence-electron chi connectivity index (χ4n) is 1.39. The predicted molar refractivity (Wildman–Crippen MR) is 71.3 cm³/mol. The lowest BCUT2D eigenvalue weighted by Crippen LogP contribution is -2.05. The molecule has 1 aromatic carbocycles. The molecule has 0 aliphatic carbocycles. The van der Waals surface area contributed by atoms with Crippen molar-refractivity contribution in [2.45, 2.75) is 0 Å². The van der Waals surface area contributed by atoms with Crippen molar-refractivity contribution in [1.82, 2.24) is 0 Å². The molecule has 0 bridgehead atoms. The van der Waals surface area contributed by atoms with Crippen molar-refractivity contribution in [3.8, 4) is 17.2 Å². The minimum atomic E-state index is -1.07. The van der Waals surface area contributed by atoms with E-state index in [0.29, 0.717) is 17.2 Å². The van der Waals surface area contributed by atoms with E-state index in [2.05, 4.69) is 13.2 Å². The van der Waals surface area contributed by atoms with Crippen LogP contribution in [-0.2, 0) is 0 Å². The van der Waals surface area contributed by atoms with Gasteiger partial charge in [-0.05, 0) is 12.1 Å². The third kappa shape index (κ3) is 3.77. The third-order valence-corrected chi connectivity index (χ3v) is 2.19. The first kappa shape index (κ1) is 14.6. The quantitative estimate of drug-likeness (QED) is 0.731. The number of carbonyl (C=O) groups is 1. The Morgan fingerprint density at radius 3 is 2.32 bits per heavy atom. The highest BCUT2D eigenvalue weighted by molar-refractivity contribution is 5.89. The van der Waals surface area contributed by atoms with Gasteiger partial charge in [0.05, 0.1) is 12.7 Å². The van der Waals surface area contributed by atoms with E-state index in [1.165, 1.54) is 19.2 Å². The molecule has 0 spiro atoms. The van der Waals surface area contributed by atoms with Gasteiger partial charge in [0.15, 0.2) is 11.5 Å². The van der Waals surface area contributed by atoms with Gasteiger partial charge in [-0.25, -0.2) is 4.79 Å². The molecular weight excluding hydrogens is 248 g/mol. The van der Waals surface area contributed by atoms with Gasteiger partial charge in [0.25, 0.3) is 0 Å². The van der Waals surface area contributed by atoms with E-state index in [4.69, 9.17) is 19.3 Å². The smallest absolute Gasteiger partial charge is 0.335 e. The van der Waals surface area contributed by atoms with Crippen LogP contribution in [0.4, 0.5) is 0 Å². The lowest BCUT2D eigenvalue weighted by atomic mass is 10.2. The van der Waals surface area contributed by atoms with Gasteiger partial charge in [-0.2, -0.15) is 0 Å². The third-order valence-electron chi connectivity index (χ3n) is 2.19. The Bertz CT molecular complexity index is 479. The van der Waals surface area contributed by atoms with Crippen LogP contribution in [0.1, 0.15) is 10.4 Å². The summed E-state index contributed by atoms with van der Waals surface area (Å²) in [5.74, 6) is -0.148. The summed E-state index contributed by atoms with van der Waals surface area (Å²) in [5, 5.41) is 9.03. The number of methoxy groups -OCH3 is 1. The summed E-state index contributed by atoms with van der Waals surface area (Å²) in [6.45, 7) is 7.58. The zero-order valence-electron chi connectivity index (χ0n) is 10.7. The fraction of sp³-hybridized carbons (Fsp3) is 0.214. The molecule has 0 atom stereocenters. The molecule has 0 radical (unpaired) electrons. The number of hydrogen-bond acceptors (Lipinski definition) is 4. The standard InChI is InChI=1S/C14H16O5/c1-4-6-18-12-9-10(14(15)16)8-11(17-3)13(12)19-7-5-2/h4-5,8-9H,1-2,6-7H2,3H3,(H,15,16). The molecule has 0 saturated heterocycles. The van der Waals surface area contributed by atoms with Crippen molar-refractivity contribution >= 4 is 5.97 Å². The minimum absolute atomic E-state index is 0.0573. The van der Waals surface area contributed by atoms with Gasteiger partial charge in [0, 0.05) is 0 Å². The highest BCUT2D eigenvalue weighted by atomic mass is 16.5. The van der Waals surface area contributed by atoms with Crippen LogP contribution in [0.2, 0.25) is 0 Å². The monoisotopic (exact) mass is 264 g/mol. The van der Waals surface area contributed by atoms with Crippen molar-refractivity contribution in [3.63, 3.8) is 0 Å². The van der Waals surface area contributed by atoms with E-state index >= 15 is 0 Å². The first-order valence-corrected chi connectivity index (χ1v) is 5.56. The fourth-order valence-corrected chi connectivity index (χ4v) is 1.39. The highest BCUT2D eigenvalue weighted by Crippen LogP contribution is 2.38. The van der Waals surface area contributed by atoms with Crippen molar-refractivity contribution in [3.05, 3.63) is 43.0 Å². The van der Waals surface area contributed by atoms with Gasteiger partial charge in [0.1, 0.15) is 13.2 Å². The Morgan fingerprint density at radius 2 is 1.79 bits per heavy atom. The van der Waals surface area contributed by atoms with Crippen LogP contribution in [0.15, 0.2) is 37.4 Å². The van der Waals surface area contributed by atoms with Gasteiger partial charge < -0.3 is 19.3 Å². The van der Waals surface area contributed by atoms with Crippen molar-refractivity contribution < 1.29 is 24.1 Å². The van der Waals surface area contributed by atoms with E-state index in [1.54, 1.807) is 12.2 Å². The number of hydrogen-bond donors (Lipinski definition) is 1. The molecule has 102 valence electrons. The summed E-state index contributed by atoms with van der Waals surface area (Å²) in [6, 6.07) is 2.76. The van der Waals surface area contributed by atoms with Gasteiger partial charge in [-0.15, -0.1) is 0 Å². The molecule has 0 aliphatic rings. The maximum absolute atomic E-state index is 11.0. The second-order valence-corrected chi connectivity index (χ2v) is 3.51. The molecule has 1 N–H and O–H groups in total. The van der Waals surface area contributed by atoms with Crippen molar-refractivity contribution in [2.75, 3.05) is 20.3 Å². The molecule has 1 aromatic rings. The maximum Gasteiger partial charge on any atom is 0.335 e. The largest absolute Gasteiger partial charge is 0.493 e. The van der Waals surface area contributed by atoms with Crippen LogP contribution in [0.3, 0.4) is 0 Å². The molecule has 5 heteroatoms. The lowest BCUT2D eigenvalue weighted by Gasteiger charge is -2.15. The van der Waals surface area contributed by atoms with E-state index in [0.717, 1.165) is 0 Å². The van der Waals surface area contributed by atoms with Crippen molar-refractivity contribution in [1.29, 1.82) is 0 Å². The Balaban J connectivity index is 3.24. The number of ether oxygens (including phenoxy) is 3. The summed E-state index contributed by atoms with van der Waals surface area (Å²) in [4.78, 5) is 11.0. The van der Waals surface area contributed by atoms with Crippen LogP contribution in [-0.4, -0.2) is 31.4 Å². The van der Waals surface area contributed by atoms with Gasteiger partial charge in [-0.1, -0.05) is 25.3 Å². The van der Waals surface area contributed by atoms with Crippen LogP contribution in [0, 0.1) is 0 Å². The van der Waals surface area contributed by atoms with Crippen molar-refractivity contribution in [2.24, 2.45) is 0 Å². The highest BCUT2D eigenvalue weighted by Gasteiger charge is 2.17. The molecular formula is C14H16O5. The molecule has 1 rings (SSSR count). The lowest BCUT2D eigenvalue weighted by molar-refractivity contribution is 0.0696. The number of carboxylic acid groups (broad SMARTS) is 1. The van der Waals surface area contributed by atoms with E-state index in [-0.39, 0.29) is 18.8 Å². The summed E-state index contributed by atoms with van der Waals surface area (Å²) >= 11 is 0. The summed E-state index contributed by atoms with van der Waals surface area (Å²) < 4.78 is 16.0. The second kappa shape index (κ2) is 7.10. The normalized spacial score (nSPS) is 9.53. The average Bonchev–Trinajstić information content (AvgIpc) is 2.42. The summed E-state index contributed by atoms with van der Waals surface area (Å²) in [6.07, 6.45) is 3.12. The molecule has 0 aromatic heterocycles. The van der Waals surface area contributed by atoms with Gasteiger partial charge >= 0.3 is 5.97 Å². The Kier molecular flexibility index (Phi) is 5.47. The summed E-state index contributed by atoms with van der Waals surface area (Å²) in [7, 11) is 1.43. The minimum Gasteiger partial charge on any atom is -0.493 e. The zero-order valence-corrected chi connectivity index (χ0v) is 10.7. The number of rotatable bonds is 8.